The van der Waals surface area contributed by atoms with Gasteiger partial charge in [-0.1, -0.05) is 24.3 Å². The smallest absolute Gasteiger partial charge is 0.161 e. The molecule has 6 rings (SSSR count). The first-order chi connectivity index (χ1) is 17.7. The second-order valence-corrected chi connectivity index (χ2v) is 8.15. The average Bonchev–Trinajstić information content (AvgIpc) is 3.35. The van der Waals surface area contributed by atoms with Gasteiger partial charge in [-0.05, 0) is 24.3 Å². The van der Waals surface area contributed by atoms with Gasteiger partial charge in [-0.15, -0.1) is 10.2 Å². The van der Waals surface area contributed by atoms with Crippen LogP contribution in [-0.4, -0.2) is 37.1 Å². The highest BCUT2D eigenvalue weighted by Crippen LogP contribution is 2.32. The van der Waals surface area contributed by atoms with Gasteiger partial charge in [-0.3, -0.25) is 9.67 Å². The molecule has 4 aromatic heterocycles. The van der Waals surface area contributed by atoms with Gasteiger partial charge >= 0.3 is 0 Å². The van der Waals surface area contributed by atoms with E-state index in [2.05, 4.69) is 30.6 Å². The molecular formula is C27H21N7O2. The van der Waals surface area contributed by atoms with Crippen LogP contribution >= 0.6 is 0 Å². The summed E-state index contributed by atoms with van der Waals surface area (Å²) >= 11 is 0. The number of methoxy groups -OCH3 is 1. The number of fused-ring (bicyclic) bond motifs is 2. The van der Waals surface area contributed by atoms with Crippen LogP contribution in [0.5, 0.6) is 17.2 Å². The van der Waals surface area contributed by atoms with Gasteiger partial charge in [-0.2, -0.15) is 5.10 Å². The van der Waals surface area contributed by atoms with Crippen molar-refractivity contribution in [2.75, 3.05) is 12.4 Å². The van der Waals surface area contributed by atoms with Crippen molar-refractivity contribution < 1.29 is 9.47 Å². The summed E-state index contributed by atoms with van der Waals surface area (Å²) in [5, 5.41) is 18.6. The van der Waals surface area contributed by atoms with Crippen molar-refractivity contribution in [3.05, 3.63) is 85.5 Å². The Morgan fingerprint density at radius 1 is 0.861 bits per heavy atom. The fourth-order valence-electron chi connectivity index (χ4n) is 4.00. The van der Waals surface area contributed by atoms with Crippen molar-refractivity contribution in [1.82, 2.24) is 29.9 Å². The number of nitrogens with zero attached hydrogens (tertiary/aromatic N) is 6. The van der Waals surface area contributed by atoms with E-state index in [0.717, 1.165) is 27.7 Å². The third kappa shape index (κ3) is 4.03. The van der Waals surface area contributed by atoms with Gasteiger partial charge in [0.15, 0.2) is 11.6 Å². The number of nitrogens with one attached hydrogen (secondary N) is 1. The Kier molecular flexibility index (Phi) is 5.34. The van der Waals surface area contributed by atoms with E-state index in [0.29, 0.717) is 34.1 Å². The number of benzene rings is 2. The van der Waals surface area contributed by atoms with Crippen molar-refractivity contribution >= 4 is 33.3 Å². The normalized spacial score (nSPS) is 11.1. The molecule has 4 heterocycles. The molecule has 0 saturated heterocycles. The highest BCUT2D eigenvalue weighted by Gasteiger charge is 2.13. The Bertz CT molecular complexity index is 1700. The Morgan fingerprint density at radius 2 is 1.69 bits per heavy atom. The van der Waals surface area contributed by atoms with E-state index in [9.17, 15) is 0 Å². The minimum atomic E-state index is 0.617. The van der Waals surface area contributed by atoms with E-state index >= 15 is 0 Å². The topological polar surface area (TPSA) is 99.9 Å². The van der Waals surface area contributed by atoms with Gasteiger partial charge in [-0.25, -0.2) is 4.98 Å². The lowest BCUT2D eigenvalue weighted by Gasteiger charge is -2.12. The van der Waals surface area contributed by atoms with E-state index in [1.54, 1.807) is 36.4 Å². The molecule has 2 aromatic carbocycles. The summed E-state index contributed by atoms with van der Waals surface area (Å²) in [4.78, 5) is 8.79. The van der Waals surface area contributed by atoms with Crippen LogP contribution < -0.4 is 14.8 Å². The molecule has 0 amide bonds. The molecule has 0 aliphatic heterocycles. The minimum absolute atomic E-state index is 0.617. The number of pyridine rings is 2. The molecule has 6 aromatic rings. The zero-order valence-corrected chi connectivity index (χ0v) is 19.6. The second kappa shape index (κ2) is 8.95. The first-order valence-electron chi connectivity index (χ1n) is 11.3. The predicted molar refractivity (Wildman–Crippen MR) is 138 cm³/mol. The number of hydrogen-bond acceptors (Lipinski definition) is 8. The minimum Gasteiger partial charge on any atom is -0.495 e. The monoisotopic (exact) mass is 475 g/mol. The number of rotatable bonds is 6. The van der Waals surface area contributed by atoms with Crippen LogP contribution in [0.25, 0.3) is 33.1 Å². The van der Waals surface area contributed by atoms with Gasteiger partial charge in [0.1, 0.15) is 22.7 Å². The van der Waals surface area contributed by atoms with Crippen molar-refractivity contribution in [3.63, 3.8) is 0 Å². The van der Waals surface area contributed by atoms with Crippen molar-refractivity contribution in [2.24, 2.45) is 7.05 Å². The molecule has 0 bridgehead atoms. The van der Waals surface area contributed by atoms with E-state index < -0.39 is 0 Å². The maximum absolute atomic E-state index is 6.10. The summed E-state index contributed by atoms with van der Waals surface area (Å²) < 4.78 is 13.1. The van der Waals surface area contributed by atoms with Crippen molar-refractivity contribution in [1.29, 1.82) is 0 Å². The SMILES string of the molecule is COc1cnc2c(Oc3ccc(Nc4nnc(-c5cnn(C)c5)c5ccccc45)cc3)ccnc2c1. The van der Waals surface area contributed by atoms with Crippen LogP contribution in [0.2, 0.25) is 0 Å². The Labute approximate surface area is 206 Å². The summed E-state index contributed by atoms with van der Waals surface area (Å²) in [6.45, 7) is 0. The van der Waals surface area contributed by atoms with E-state index in [1.165, 1.54) is 0 Å². The molecule has 0 saturated carbocycles. The zero-order valence-electron chi connectivity index (χ0n) is 19.6. The molecule has 0 unspecified atom stereocenters. The number of hydrogen-bond donors (Lipinski definition) is 1. The van der Waals surface area contributed by atoms with Crippen LogP contribution in [0.15, 0.2) is 85.5 Å². The first-order valence-corrected chi connectivity index (χ1v) is 11.3. The molecule has 0 aliphatic rings. The summed E-state index contributed by atoms with van der Waals surface area (Å²) in [6, 6.07) is 19.3. The van der Waals surface area contributed by atoms with E-state index in [-0.39, 0.29) is 0 Å². The van der Waals surface area contributed by atoms with Gasteiger partial charge < -0.3 is 14.8 Å². The van der Waals surface area contributed by atoms with Gasteiger partial charge in [0.25, 0.3) is 0 Å². The second-order valence-electron chi connectivity index (χ2n) is 8.15. The molecule has 0 fully saturated rings. The largest absolute Gasteiger partial charge is 0.495 e. The average molecular weight is 476 g/mol. The van der Waals surface area contributed by atoms with Crippen LogP contribution in [0.1, 0.15) is 0 Å². The molecule has 9 heteroatoms. The molecule has 176 valence electrons. The highest BCUT2D eigenvalue weighted by molar-refractivity contribution is 6.00. The third-order valence-electron chi connectivity index (χ3n) is 5.76. The van der Waals surface area contributed by atoms with Gasteiger partial charge in [0, 0.05) is 53.6 Å². The Balaban J connectivity index is 1.26. The maximum Gasteiger partial charge on any atom is 0.161 e. The van der Waals surface area contributed by atoms with E-state index in [1.807, 2.05) is 67.8 Å². The summed E-state index contributed by atoms with van der Waals surface area (Å²) in [5.74, 6) is 2.61. The lowest BCUT2D eigenvalue weighted by Crippen LogP contribution is -1.99. The van der Waals surface area contributed by atoms with Crippen molar-refractivity contribution in [3.8, 4) is 28.5 Å². The molecule has 0 radical (unpaired) electrons. The fraction of sp³-hybridized carbons (Fsp3) is 0.0741. The molecule has 0 atom stereocenters. The number of aryl methyl sites for hydroxylation is 1. The summed E-state index contributed by atoms with van der Waals surface area (Å²) in [7, 11) is 3.48. The van der Waals surface area contributed by atoms with Crippen LogP contribution in [0, 0.1) is 0 Å². The van der Waals surface area contributed by atoms with Crippen LogP contribution in [-0.2, 0) is 7.05 Å². The maximum atomic E-state index is 6.10. The zero-order chi connectivity index (χ0) is 24.5. The fourth-order valence-corrected chi connectivity index (χ4v) is 4.00. The van der Waals surface area contributed by atoms with Crippen LogP contribution in [0.3, 0.4) is 0 Å². The molecule has 36 heavy (non-hydrogen) atoms. The third-order valence-corrected chi connectivity index (χ3v) is 5.76. The lowest BCUT2D eigenvalue weighted by atomic mass is 10.1. The lowest BCUT2D eigenvalue weighted by molar-refractivity contribution is 0.413. The number of aromatic nitrogens is 6. The Morgan fingerprint density at radius 3 is 2.47 bits per heavy atom. The Hall–Kier alpha value is -5.05. The first kappa shape index (κ1) is 21.5. The van der Waals surface area contributed by atoms with Crippen molar-refractivity contribution in [2.45, 2.75) is 0 Å². The number of anilines is 2. The van der Waals surface area contributed by atoms with E-state index in [4.69, 9.17) is 9.47 Å². The number of ether oxygens (including phenoxy) is 2. The molecule has 0 aliphatic carbocycles. The quantitative estimate of drug-likeness (QED) is 0.336. The summed E-state index contributed by atoms with van der Waals surface area (Å²) in [6.07, 6.45) is 7.06. The highest BCUT2D eigenvalue weighted by atomic mass is 16.5. The predicted octanol–water partition coefficient (Wildman–Crippen LogP) is 5.52. The van der Waals surface area contributed by atoms with Gasteiger partial charge in [0.2, 0.25) is 0 Å². The molecular weight excluding hydrogens is 454 g/mol. The molecule has 9 nitrogen and oxygen atoms in total. The molecule has 0 spiro atoms. The molecule has 1 N–H and O–H groups in total. The van der Waals surface area contributed by atoms with Crippen LogP contribution in [0.4, 0.5) is 11.5 Å². The summed E-state index contributed by atoms with van der Waals surface area (Å²) in [5.41, 5.74) is 3.94. The van der Waals surface area contributed by atoms with Gasteiger partial charge in [0.05, 0.1) is 25.0 Å². The standard InChI is InChI=1S/C27H21N7O2/c1-34-16-17(14-30-34)25-21-5-3-4-6-22(21)27(33-32-25)31-18-7-9-19(10-8-18)36-24-11-12-28-23-13-20(35-2)15-29-26(23)24/h3-16H,1-2H3,(H,31,33).